The predicted octanol–water partition coefficient (Wildman–Crippen LogP) is 1.21. The molecule has 3 rings (SSSR count). The first-order chi connectivity index (χ1) is 10.7. The molecule has 6 nitrogen and oxygen atoms in total. The molecule has 0 aliphatic carbocycles. The zero-order valence-electron chi connectivity index (χ0n) is 13.3. The van der Waals surface area contributed by atoms with Crippen molar-refractivity contribution in [3.63, 3.8) is 0 Å². The molecule has 0 spiro atoms. The maximum absolute atomic E-state index is 12.4. The van der Waals surface area contributed by atoms with Crippen LogP contribution in [0.2, 0.25) is 0 Å². The monoisotopic (exact) mass is 309 g/mol. The molecule has 3 fully saturated rings. The average molecular weight is 309 g/mol. The van der Waals surface area contributed by atoms with Crippen LogP contribution in [0, 0.1) is 5.92 Å². The minimum atomic E-state index is -0.0679. The lowest BCUT2D eigenvalue weighted by molar-refractivity contribution is -0.126. The fourth-order valence-corrected chi connectivity index (χ4v) is 3.64. The highest BCUT2D eigenvalue weighted by molar-refractivity contribution is 5.81. The summed E-state index contributed by atoms with van der Waals surface area (Å²) in [5, 5.41) is 3.01. The van der Waals surface area contributed by atoms with Gasteiger partial charge in [0.05, 0.1) is 12.0 Å². The van der Waals surface area contributed by atoms with Crippen molar-refractivity contribution < 1.29 is 14.3 Å². The third-order valence-electron chi connectivity index (χ3n) is 4.97. The van der Waals surface area contributed by atoms with Crippen molar-refractivity contribution in [3.8, 4) is 0 Å². The Labute approximate surface area is 132 Å². The van der Waals surface area contributed by atoms with Gasteiger partial charge in [0.2, 0.25) is 5.91 Å². The molecule has 0 aromatic heterocycles. The van der Waals surface area contributed by atoms with E-state index in [-0.39, 0.29) is 24.0 Å². The SMILES string of the molecule is O=C(NC[C@H]1CCCO1)[C@H]1CCCN(C(=O)N2CCCC2)C1. The lowest BCUT2D eigenvalue weighted by atomic mass is 9.97. The molecule has 0 aromatic carbocycles. The first-order valence-corrected chi connectivity index (χ1v) is 8.67. The molecule has 0 saturated carbocycles. The van der Waals surface area contributed by atoms with Crippen LogP contribution in [0.4, 0.5) is 4.79 Å². The van der Waals surface area contributed by atoms with Crippen LogP contribution in [0.25, 0.3) is 0 Å². The number of nitrogens with one attached hydrogen (secondary N) is 1. The smallest absolute Gasteiger partial charge is 0.320 e. The molecule has 3 heterocycles. The highest BCUT2D eigenvalue weighted by Crippen LogP contribution is 2.20. The van der Waals surface area contributed by atoms with Crippen molar-refractivity contribution >= 4 is 11.9 Å². The maximum atomic E-state index is 12.4. The molecule has 3 aliphatic heterocycles. The van der Waals surface area contributed by atoms with Gasteiger partial charge in [-0.15, -0.1) is 0 Å². The molecule has 0 radical (unpaired) electrons. The predicted molar refractivity (Wildman–Crippen MR) is 82.5 cm³/mol. The molecular formula is C16H27N3O3. The lowest BCUT2D eigenvalue weighted by Crippen LogP contribution is -2.50. The Bertz CT molecular complexity index is 403. The van der Waals surface area contributed by atoms with E-state index in [1.807, 2.05) is 9.80 Å². The molecular weight excluding hydrogens is 282 g/mol. The summed E-state index contributed by atoms with van der Waals surface area (Å²) in [6, 6.07) is 0.120. The molecule has 124 valence electrons. The lowest BCUT2D eigenvalue weighted by Gasteiger charge is -2.34. The average Bonchev–Trinajstić information content (AvgIpc) is 3.25. The summed E-state index contributed by atoms with van der Waals surface area (Å²) in [5.74, 6) is 0.0103. The highest BCUT2D eigenvalue weighted by atomic mass is 16.5. The van der Waals surface area contributed by atoms with Crippen LogP contribution in [0.15, 0.2) is 0 Å². The van der Waals surface area contributed by atoms with Gasteiger partial charge in [0.15, 0.2) is 0 Å². The third kappa shape index (κ3) is 3.72. The molecule has 6 heteroatoms. The number of hydrogen-bond donors (Lipinski definition) is 1. The van der Waals surface area contributed by atoms with Gasteiger partial charge in [-0.25, -0.2) is 4.79 Å². The Morgan fingerprint density at radius 2 is 1.77 bits per heavy atom. The molecule has 0 unspecified atom stereocenters. The number of carbonyl (C=O) groups excluding carboxylic acids is 2. The largest absolute Gasteiger partial charge is 0.376 e. The fraction of sp³-hybridized carbons (Fsp3) is 0.875. The second kappa shape index (κ2) is 7.31. The number of hydrogen-bond acceptors (Lipinski definition) is 3. The molecule has 3 saturated heterocycles. The number of nitrogens with zero attached hydrogens (tertiary/aromatic N) is 2. The van der Waals surface area contributed by atoms with E-state index < -0.39 is 0 Å². The van der Waals surface area contributed by atoms with Gasteiger partial charge >= 0.3 is 6.03 Å². The summed E-state index contributed by atoms with van der Waals surface area (Å²) in [5.41, 5.74) is 0. The van der Waals surface area contributed by atoms with Gasteiger partial charge in [0, 0.05) is 39.3 Å². The van der Waals surface area contributed by atoms with Gasteiger partial charge in [-0.05, 0) is 38.5 Å². The summed E-state index contributed by atoms with van der Waals surface area (Å²) < 4.78 is 5.53. The molecule has 3 aliphatic rings. The van der Waals surface area contributed by atoms with Crippen LogP contribution >= 0.6 is 0 Å². The number of likely N-dealkylation sites (tertiary alicyclic amines) is 2. The van der Waals surface area contributed by atoms with Crippen molar-refractivity contribution in [2.45, 2.75) is 44.6 Å². The van der Waals surface area contributed by atoms with Crippen LogP contribution in [-0.4, -0.2) is 67.2 Å². The molecule has 0 aromatic rings. The zero-order chi connectivity index (χ0) is 15.4. The molecule has 1 N–H and O–H groups in total. The van der Waals surface area contributed by atoms with Crippen LogP contribution in [-0.2, 0) is 9.53 Å². The van der Waals surface area contributed by atoms with Crippen molar-refractivity contribution in [3.05, 3.63) is 0 Å². The molecule has 22 heavy (non-hydrogen) atoms. The number of piperidine rings is 1. The second-order valence-corrected chi connectivity index (χ2v) is 6.64. The summed E-state index contributed by atoms with van der Waals surface area (Å²) in [6.07, 6.45) is 6.29. The van der Waals surface area contributed by atoms with Crippen molar-refractivity contribution in [2.75, 3.05) is 39.3 Å². The number of urea groups is 1. The normalized spacial score (nSPS) is 28.9. The van der Waals surface area contributed by atoms with Gasteiger partial charge in [0.25, 0.3) is 0 Å². The molecule has 2 atom stereocenters. The number of carbonyl (C=O) groups is 2. The summed E-state index contributed by atoms with van der Waals surface area (Å²) >= 11 is 0. The van der Waals surface area contributed by atoms with Crippen LogP contribution in [0.1, 0.15) is 38.5 Å². The van der Waals surface area contributed by atoms with E-state index in [1.165, 1.54) is 0 Å². The number of ether oxygens (including phenoxy) is 1. The Morgan fingerprint density at radius 1 is 1.00 bits per heavy atom. The van der Waals surface area contributed by atoms with Crippen molar-refractivity contribution in [1.82, 2.24) is 15.1 Å². The summed E-state index contributed by atoms with van der Waals surface area (Å²) in [4.78, 5) is 28.6. The van der Waals surface area contributed by atoms with E-state index in [0.29, 0.717) is 13.1 Å². The van der Waals surface area contributed by atoms with E-state index in [9.17, 15) is 9.59 Å². The standard InChI is InChI=1S/C16H27N3O3/c20-15(17-11-14-6-4-10-22-14)13-5-3-9-19(12-13)16(21)18-7-1-2-8-18/h13-14H,1-12H2,(H,17,20)/t13-,14+/m0/s1. The Kier molecular flexibility index (Phi) is 5.18. The van der Waals surface area contributed by atoms with E-state index >= 15 is 0 Å². The minimum absolute atomic E-state index is 0.0679. The van der Waals surface area contributed by atoms with Gasteiger partial charge < -0.3 is 19.9 Å². The Balaban J connectivity index is 1.46. The Hall–Kier alpha value is -1.30. The Morgan fingerprint density at radius 3 is 2.50 bits per heavy atom. The van der Waals surface area contributed by atoms with E-state index in [4.69, 9.17) is 4.74 Å². The van der Waals surface area contributed by atoms with Gasteiger partial charge in [0.1, 0.15) is 0 Å². The quantitative estimate of drug-likeness (QED) is 0.852. The molecule has 0 bridgehead atoms. The topological polar surface area (TPSA) is 61.9 Å². The summed E-state index contributed by atoms with van der Waals surface area (Å²) in [7, 11) is 0. The molecule has 3 amide bonds. The van der Waals surface area contributed by atoms with Crippen molar-refractivity contribution in [1.29, 1.82) is 0 Å². The van der Waals surface area contributed by atoms with Crippen LogP contribution in [0.5, 0.6) is 0 Å². The first kappa shape index (κ1) is 15.6. The van der Waals surface area contributed by atoms with Gasteiger partial charge in [-0.2, -0.15) is 0 Å². The van der Waals surface area contributed by atoms with E-state index in [2.05, 4.69) is 5.32 Å². The number of amides is 3. The second-order valence-electron chi connectivity index (χ2n) is 6.64. The zero-order valence-corrected chi connectivity index (χ0v) is 13.3. The van der Waals surface area contributed by atoms with Gasteiger partial charge in [-0.1, -0.05) is 0 Å². The fourth-order valence-electron chi connectivity index (χ4n) is 3.64. The minimum Gasteiger partial charge on any atom is -0.376 e. The van der Waals surface area contributed by atoms with E-state index in [0.717, 1.165) is 64.8 Å². The number of rotatable bonds is 3. The van der Waals surface area contributed by atoms with Crippen LogP contribution in [0.3, 0.4) is 0 Å². The summed E-state index contributed by atoms with van der Waals surface area (Å²) in [6.45, 7) is 4.49. The van der Waals surface area contributed by atoms with Crippen molar-refractivity contribution in [2.24, 2.45) is 5.92 Å². The highest BCUT2D eigenvalue weighted by Gasteiger charge is 2.31. The first-order valence-electron chi connectivity index (χ1n) is 8.67. The van der Waals surface area contributed by atoms with Gasteiger partial charge in [-0.3, -0.25) is 4.79 Å². The van der Waals surface area contributed by atoms with E-state index in [1.54, 1.807) is 0 Å². The van der Waals surface area contributed by atoms with Crippen LogP contribution < -0.4 is 5.32 Å². The maximum Gasteiger partial charge on any atom is 0.320 e. The third-order valence-corrected chi connectivity index (χ3v) is 4.97.